The highest BCUT2D eigenvalue weighted by Gasteiger charge is 2.14. The van der Waals surface area contributed by atoms with Crippen molar-refractivity contribution in [3.63, 3.8) is 0 Å². The number of carbonyl (C=O) groups is 2. The monoisotopic (exact) mass is 325 g/mol. The molecular weight excluding hydrogens is 310 g/mol. The molecule has 0 N–H and O–H groups in total. The fourth-order valence-corrected chi connectivity index (χ4v) is 3.04. The molecule has 1 heterocycles. The SMILES string of the molecule is O=Cc1cn(C(=O)c2ccc(-c3ccccc3)cc2)c2ccccc12. The van der Waals surface area contributed by atoms with E-state index in [0.717, 1.165) is 28.3 Å². The Morgan fingerprint density at radius 2 is 1.40 bits per heavy atom. The van der Waals surface area contributed by atoms with E-state index in [1.54, 1.807) is 6.20 Å². The van der Waals surface area contributed by atoms with Gasteiger partial charge in [-0.15, -0.1) is 0 Å². The molecule has 3 heteroatoms. The van der Waals surface area contributed by atoms with Gasteiger partial charge in [-0.3, -0.25) is 14.2 Å². The van der Waals surface area contributed by atoms with Gasteiger partial charge in [0.1, 0.15) is 0 Å². The number of nitrogens with zero attached hydrogens (tertiary/aromatic N) is 1. The molecule has 0 saturated heterocycles. The van der Waals surface area contributed by atoms with Crippen LogP contribution >= 0.6 is 0 Å². The van der Waals surface area contributed by atoms with Gasteiger partial charge in [-0.25, -0.2) is 0 Å². The van der Waals surface area contributed by atoms with Gasteiger partial charge in [0, 0.05) is 22.7 Å². The molecule has 0 aliphatic carbocycles. The first-order valence-electron chi connectivity index (χ1n) is 8.03. The van der Waals surface area contributed by atoms with Gasteiger partial charge in [0.2, 0.25) is 0 Å². The Kier molecular flexibility index (Phi) is 3.75. The van der Waals surface area contributed by atoms with Crippen LogP contribution in [-0.2, 0) is 0 Å². The lowest BCUT2D eigenvalue weighted by molar-refractivity contribution is 0.0965. The molecule has 4 rings (SSSR count). The van der Waals surface area contributed by atoms with Gasteiger partial charge in [-0.05, 0) is 29.3 Å². The van der Waals surface area contributed by atoms with E-state index in [4.69, 9.17) is 0 Å². The van der Waals surface area contributed by atoms with E-state index in [0.29, 0.717) is 11.1 Å². The Morgan fingerprint density at radius 3 is 2.12 bits per heavy atom. The molecule has 4 aromatic rings. The van der Waals surface area contributed by atoms with Crippen molar-refractivity contribution in [3.8, 4) is 11.1 Å². The highest BCUT2D eigenvalue weighted by atomic mass is 16.2. The zero-order valence-corrected chi connectivity index (χ0v) is 13.4. The molecule has 3 nitrogen and oxygen atoms in total. The fraction of sp³-hybridized carbons (Fsp3) is 0. The van der Waals surface area contributed by atoms with Gasteiger partial charge >= 0.3 is 0 Å². The molecule has 0 bridgehead atoms. The van der Waals surface area contributed by atoms with Gasteiger partial charge in [0.05, 0.1) is 5.52 Å². The standard InChI is InChI=1S/C22H15NO2/c24-15-19-14-23(21-9-5-4-8-20(19)21)22(25)18-12-10-17(11-13-18)16-6-2-1-3-7-16/h1-15H. The van der Waals surface area contributed by atoms with Gasteiger partial charge in [-0.2, -0.15) is 0 Å². The number of hydrogen-bond acceptors (Lipinski definition) is 2. The average Bonchev–Trinajstić information content (AvgIpc) is 3.07. The number of benzene rings is 3. The Bertz CT molecular complexity index is 1060. The molecule has 0 fully saturated rings. The number of fused-ring (bicyclic) bond motifs is 1. The van der Waals surface area contributed by atoms with Crippen molar-refractivity contribution in [1.82, 2.24) is 4.57 Å². The molecular formula is C22H15NO2. The van der Waals surface area contributed by atoms with Crippen molar-refractivity contribution >= 4 is 23.1 Å². The van der Waals surface area contributed by atoms with Crippen LogP contribution in [0.1, 0.15) is 20.7 Å². The van der Waals surface area contributed by atoms with Crippen molar-refractivity contribution in [1.29, 1.82) is 0 Å². The van der Waals surface area contributed by atoms with Crippen LogP contribution in [0.15, 0.2) is 85.1 Å². The van der Waals surface area contributed by atoms with E-state index >= 15 is 0 Å². The third-order valence-electron chi connectivity index (χ3n) is 4.33. The smallest absolute Gasteiger partial charge is 0.262 e. The van der Waals surface area contributed by atoms with E-state index in [9.17, 15) is 9.59 Å². The number of aldehydes is 1. The van der Waals surface area contributed by atoms with Crippen molar-refractivity contribution in [2.24, 2.45) is 0 Å². The second-order valence-corrected chi connectivity index (χ2v) is 5.84. The minimum atomic E-state index is -0.149. The summed E-state index contributed by atoms with van der Waals surface area (Å²) in [7, 11) is 0. The van der Waals surface area contributed by atoms with E-state index in [1.807, 2.05) is 78.9 Å². The Balaban J connectivity index is 1.73. The van der Waals surface area contributed by atoms with Crippen LogP contribution < -0.4 is 0 Å². The number of carbonyl (C=O) groups excluding carboxylic acids is 2. The maximum absolute atomic E-state index is 12.9. The molecule has 1 aromatic heterocycles. The van der Waals surface area contributed by atoms with Gasteiger partial charge < -0.3 is 0 Å². The molecule has 0 amide bonds. The summed E-state index contributed by atoms with van der Waals surface area (Å²) in [5.41, 5.74) is 4.00. The molecule has 0 aliphatic rings. The van der Waals surface area contributed by atoms with E-state index in [2.05, 4.69) is 0 Å². The third-order valence-corrected chi connectivity index (χ3v) is 4.33. The first-order chi connectivity index (χ1) is 12.3. The predicted molar refractivity (Wildman–Crippen MR) is 98.9 cm³/mol. The van der Waals surface area contributed by atoms with Gasteiger partial charge in [-0.1, -0.05) is 60.7 Å². The summed E-state index contributed by atoms with van der Waals surface area (Å²) in [5, 5.41) is 0.784. The van der Waals surface area contributed by atoms with Crippen LogP contribution in [-0.4, -0.2) is 16.8 Å². The summed E-state index contributed by atoms with van der Waals surface area (Å²) < 4.78 is 1.54. The fourth-order valence-electron chi connectivity index (χ4n) is 3.04. The van der Waals surface area contributed by atoms with Gasteiger partial charge in [0.15, 0.2) is 6.29 Å². The lowest BCUT2D eigenvalue weighted by Crippen LogP contribution is -2.10. The van der Waals surface area contributed by atoms with Crippen molar-refractivity contribution < 1.29 is 9.59 Å². The van der Waals surface area contributed by atoms with Crippen LogP contribution in [0.5, 0.6) is 0 Å². The lowest BCUT2D eigenvalue weighted by atomic mass is 10.0. The largest absolute Gasteiger partial charge is 0.298 e. The normalized spacial score (nSPS) is 10.7. The Morgan fingerprint density at radius 1 is 0.760 bits per heavy atom. The quantitative estimate of drug-likeness (QED) is 0.507. The first kappa shape index (κ1) is 15.1. The molecule has 0 aliphatic heterocycles. The summed E-state index contributed by atoms with van der Waals surface area (Å²) in [6.07, 6.45) is 2.38. The van der Waals surface area contributed by atoms with Crippen LogP contribution in [0.25, 0.3) is 22.0 Å². The number of rotatable bonds is 3. The zero-order chi connectivity index (χ0) is 17.2. The van der Waals surface area contributed by atoms with Crippen molar-refractivity contribution in [3.05, 3.63) is 96.2 Å². The summed E-state index contributed by atoms with van der Waals surface area (Å²) in [4.78, 5) is 24.2. The molecule has 0 spiro atoms. The number of hydrogen-bond donors (Lipinski definition) is 0. The van der Waals surface area contributed by atoms with E-state index < -0.39 is 0 Å². The molecule has 0 saturated carbocycles. The highest BCUT2D eigenvalue weighted by Crippen LogP contribution is 2.23. The van der Waals surface area contributed by atoms with Crippen molar-refractivity contribution in [2.45, 2.75) is 0 Å². The predicted octanol–water partition coefficient (Wildman–Crippen LogP) is 4.81. The maximum atomic E-state index is 12.9. The molecule has 3 aromatic carbocycles. The van der Waals surface area contributed by atoms with E-state index in [-0.39, 0.29) is 5.91 Å². The number of para-hydroxylation sites is 1. The molecule has 0 atom stereocenters. The number of aromatic nitrogens is 1. The Hall–Kier alpha value is -3.46. The topological polar surface area (TPSA) is 39.1 Å². The molecule has 0 radical (unpaired) electrons. The third kappa shape index (κ3) is 2.66. The maximum Gasteiger partial charge on any atom is 0.262 e. The second kappa shape index (κ2) is 6.21. The zero-order valence-electron chi connectivity index (χ0n) is 13.4. The van der Waals surface area contributed by atoms with Crippen molar-refractivity contribution in [2.75, 3.05) is 0 Å². The van der Waals surface area contributed by atoms with Crippen LogP contribution in [0.4, 0.5) is 0 Å². The minimum Gasteiger partial charge on any atom is -0.298 e. The first-order valence-corrected chi connectivity index (χ1v) is 8.03. The minimum absolute atomic E-state index is 0.149. The molecule has 120 valence electrons. The lowest BCUT2D eigenvalue weighted by Gasteiger charge is -2.06. The van der Waals surface area contributed by atoms with Crippen LogP contribution in [0.3, 0.4) is 0 Å². The molecule has 0 unspecified atom stereocenters. The molecule has 25 heavy (non-hydrogen) atoms. The summed E-state index contributed by atoms with van der Waals surface area (Å²) >= 11 is 0. The van der Waals surface area contributed by atoms with Crippen LogP contribution in [0, 0.1) is 0 Å². The van der Waals surface area contributed by atoms with E-state index in [1.165, 1.54) is 4.57 Å². The van der Waals surface area contributed by atoms with Crippen LogP contribution in [0.2, 0.25) is 0 Å². The van der Waals surface area contributed by atoms with Gasteiger partial charge in [0.25, 0.3) is 5.91 Å². The highest BCUT2D eigenvalue weighted by molar-refractivity contribution is 6.07. The Labute approximate surface area is 145 Å². The summed E-state index contributed by atoms with van der Waals surface area (Å²) in [6, 6.07) is 25.0. The summed E-state index contributed by atoms with van der Waals surface area (Å²) in [6.45, 7) is 0. The summed E-state index contributed by atoms with van der Waals surface area (Å²) in [5.74, 6) is -0.149. The average molecular weight is 325 g/mol. The second-order valence-electron chi connectivity index (χ2n) is 5.84.